The van der Waals surface area contributed by atoms with Crippen LogP contribution in [0.3, 0.4) is 0 Å². The minimum absolute atomic E-state index is 0.0221. The van der Waals surface area contributed by atoms with E-state index in [1.54, 1.807) is 48.5 Å². The zero-order chi connectivity index (χ0) is 21.8. The summed E-state index contributed by atoms with van der Waals surface area (Å²) >= 11 is 1.35. The van der Waals surface area contributed by atoms with Crippen molar-refractivity contribution in [2.75, 3.05) is 0 Å². The number of aliphatic imine (C=N–C) groups is 1. The molecular weight excluding hydrogens is 415 g/mol. The maximum atomic E-state index is 13.7. The number of unbranched alkanes of at least 4 members (excludes halogenated alkanes) is 1. The number of nitrogens with zero attached hydrogens (tertiary/aromatic N) is 3. The number of rotatable bonds is 7. The van der Waals surface area contributed by atoms with Gasteiger partial charge in [0.2, 0.25) is 5.17 Å². The van der Waals surface area contributed by atoms with Gasteiger partial charge in [0.15, 0.2) is 5.84 Å². The molecule has 2 aromatic rings. The van der Waals surface area contributed by atoms with Gasteiger partial charge in [-0.15, -0.1) is 0 Å². The van der Waals surface area contributed by atoms with E-state index >= 15 is 0 Å². The largest absolute Gasteiger partial charge is 0.489 e. The summed E-state index contributed by atoms with van der Waals surface area (Å²) < 4.78 is 19.3. The van der Waals surface area contributed by atoms with Crippen LogP contribution in [0.5, 0.6) is 5.75 Å². The van der Waals surface area contributed by atoms with Crippen molar-refractivity contribution in [2.24, 2.45) is 10.1 Å². The van der Waals surface area contributed by atoms with Crippen molar-refractivity contribution in [1.29, 1.82) is 5.41 Å². The fraction of sp³-hybridized carbons (Fsp3) is 0.217. The lowest BCUT2D eigenvalue weighted by Gasteiger charge is -2.20. The van der Waals surface area contributed by atoms with Crippen LogP contribution in [0.2, 0.25) is 0 Å². The molecule has 0 saturated carbocycles. The number of carbonyl (C=O) groups excluding carboxylic acids is 1. The van der Waals surface area contributed by atoms with Gasteiger partial charge in [0, 0.05) is 5.56 Å². The molecule has 158 valence electrons. The predicted octanol–water partition coefficient (Wildman–Crippen LogP) is 5.21. The third-order valence-corrected chi connectivity index (χ3v) is 5.75. The number of amidine groups is 2. The number of benzene rings is 2. The zero-order valence-electron chi connectivity index (χ0n) is 17.0. The molecule has 4 rings (SSSR count). The first-order valence-corrected chi connectivity index (χ1v) is 10.8. The minimum atomic E-state index is -0.449. The maximum absolute atomic E-state index is 13.7. The van der Waals surface area contributed by atoms with E-state index < -0.39 is 5.91 Å². The van der Waals surface area contributed by atoms with Gasteiger partial charge in [0.05, 0.1) is 5.57 Å². The number of hydrogen-bond donors (Lipinski definition) is 1. The number of amides is 1. The lowest BCUT2D eigenvalue weighted by atomic mass is 10.1. The molecule has 0 aromatic heterocycles. The minimum Gasteiger partial charge on any atom is -0.489 e. The Labute approximate surface area is 184 Å². The van der Waals surface area contributed by atoms with Crippen LogP contribution in [0.25, 0.3) is 6.08 Å². The van der Waals surface area contributed by atoms with Crippen molar-refractivity contribution < 1.29 is 13.9 Å². The lowest BCUT2D eigenvalue weighted by molar-refractivity contribution is -0.114. The number of thioether (sulfide) groups is 1. The lowest BCUT2D eigenvalue weighted by Crippen LogP contribution is -2.35. The van der Waals surface area contributed by atoms with Gasteiger partial charge < -0.3 is 4.74 Å². The highest BCUT2D eigenvalue weighted by Gasteiger charge is 2.35. The topological polar surface area (TPSA) is 78.1 Å². The SMILES string of the molecule is CCCCC1=NN2C(=N)C(=Cc3ccc(OCc4ccccc4F)cc3)C(=O)N=C2S1. The molecule has 31 heavy (non-hydrogen) atoms. The molecule has 2 aliphatic heterocycles. The van der Waals surface area contributed by atoms with Gasteiger partial charge in [-0.1, -0.05) is 43.7 Å². The molecule has 0 atom stereocenters. The number of nitrogens with one attached hydrogen (secondary N) is 1. The number of hydrazone groups is 1. The highest BCUT2D eigenvalue weighted by molar-refractivity contribution is 8.26. The molecule has 2 aromatic carbocycles. The molecule has 6 nitrogen and oxygen atoms in total. The predicted molar refractivity (Wildman–Crippen MR) is 122 cm³/mol. The summed E-state index contributed by atoms with van der Waals surface area (Å²) in [5.74, 6) is -0.153. The van der Waals surface area contributed by atoms with Crippen molar-refractivity contribution in [2.45, 2.75) is 32.8 Å². The third kappa shape index (κ3) is 4.74. The van der Waals surface area contributed by atoms with Crippen LogP contribution in [0, 0.1) is 11.2 Å². The first kappa shape index (κ1) is 21.0. The van der Waals surface area contributed by atoms with Crippen molar-refractivity contribution in [3.63, 3.8) is 0 Å². The van der Waals surface area contributed by atoms with Crippen molar-refractivity contribution in [3.8, 4) is 5.75 Å². The van der Waals surface area contributed by atoms with Crippen LogP contribution in [0.4, 0.5) is 4.39 Å². The van der Waals surface area contributed by atoms with E-state index in [0.29, 0.717) is 16.5 Å². The number of carbonyl (C=O) groups is 1. The summed E-state index contributed by atoms with van der Waals surface area (Å²) in [7, 11) is 0. The standard InChI is InChI=1S/C23H21FN4O2S/c1-2-3-8-20-27-28-21(25)18(22(29)26-23(28)31-20)13-15-9-11-17(12-10-15)30-14-16-6-4-5-7-19(16)24/h4-7,9-13,25H,2-3,8,14H2,1H3. The van der Waals surface area contributed by atoms with E-state index in [4.69, 9.17) is 10.1 Å². The Kier molecular flexibility index (Phi) is 6.27. The highest BCUT2D eigenvalue weighted by atomic mass is 32.2. The normalized spacial score (nSPS) is 17.0. The molecule has 0 radical (unpaired) electrons. The second-order valence-corrected chi connectivity index (χ2v) is 8.11. The van der Waals surface area contributed by atoms with Crippen LogP contribution < -0.4 is 4.74 Å². The number of halogens is 1. The van der Waals surface area contributed by atoms with E-state index in [1.165, 1.54) is 22.8 Å². The van der Waals surface area contributed by atoms with E-state index in [-0.39, 0.29) is 23.8 Å². The molecule has 8 heteroatoms. The molecule has 2 aliphatic rings. The number of hydrogen-bond acceptors (Lipinski definition) is 5. The molecule has 0 saturated heterocycles. The Hall–Kier alpha value is -3.26. The first-order chi connectivity index (χ1) is 15.0. The van der Waals surface area contributed by atoms with Crippen molar-refractivity contribution in [3.05, 3.63) is 71.0 Å². The summed E-state index contributed by atoms with van der Waals surface area (Å²) in [6.45, 7) is 2.23. The van der Waals surface area contributed by atoms with Crippen LogP contribution in [0.15, 0.2) is 64.2 Å². The van der Waals surface area contributed by atoms with Crippen molar-refractivity contribution >= 4 is 39.8 Å². The Morgan fingerprint density at radius 1 is 1.19 bits per heavy atom. The summed E-state index contributed by atoms with van der Waals surface area (Å²) in [6.07, 6.45) is 4.48. The summed E-state index contributed by atoms with van der Waals surface area (Å²) in [5.41, 5.74) is 1.39. The molecule has 2 heterocycles. The average molecular weight is 437 g/mol. The fourth-order valence-electron chi connectivity index (χ4n) is 3.06. The second-order valence-electron chi connectivity index (χ2n) is 7.07. The Bertz CT molecular complexity index is 1110. The van der Waals surface area contributed by atoms with E-state index in [2.05, 4.69) is 17.0 Å². The smallest absolute Gasteiger partial charge is 0.283 e. The molecule has 0 aliphatic carbocycles. The van der Waals surface area contributed by atoms with Crippen molar-refractivity contribution in [1.82, 2.24) is 5.01 Å². The Morgan fingerprint density at radius 3 is 2.71 bits per heavy atom. The number of ether oxygens (including phenoxy) is 1. The van der Waals surface area contributed by atoms with Gasteiger partial charge in [0.1, 0.15) is 23.2 Å². The van der Waals surface area contributed by atoms with E-state index in [0.717, 1.165) is 29.9 Å². The summed E-state index contributed by atoms with van der Waals surface area (Å²) in [6, 6.07) is 13.5. The maximum Gasteiger partial charge on any atom is 0.283 e. The Morgan fingerprint density at radius 2 is 1.97 bits per heavy atom. The fourth-order valence-corrected chi connectivity index (χ4v) is 3.99. The van der Waals surface area contributed by atoms with Gasteiger partial charge in [-0.2, -0.15) is 15.1 Å². The van der Waals surface area contributed by atoms with E-state index in [1.807, 2.05) is 0 Å². The summed E-state index contributed by atoms with van der Waals surface area (Å²) in [4.78, 5) is 16.6. The van der Waals surface area contributed by atoms with Crippen LogP contribution in [-0.2, 0) is 11.4 Å². The molecular formula is C23H21FN4O2S. The number of fused-ring (bicyclic) bond motifs is 1. The second kappa shape index (κ2) is 9.26. The molecule has 0 unspecified atom stereocenters. The van der Waals surface area contributed by atoms with Crippen LogP contribution in [0.1, 0.15) is 37.3 Å². The quantitative estimate of drug-likeness (QED) is 0.604. The van der Waals surface area contributed by atoms with Gasteiger partial charge >= 0.3 is 0 Å². The molecule has 0 spiro atoms. The highest BCUT2D eigenvalue weighted by Crippen LogP contribution is 2.30. The first-order valence-electron chi connectivity index (χ1n) is 10.0. The monoisotopic (exact) mass is 436 g/mol. The molecule has 1 amide bonds. The van der Waals surface area contributed by atoms with Gasteiger partial charge in [-0.25, -0.2) is 4.39 Å². The van der Waals surface area contributed by atoms with Crippen LogP contribution in [-0.4, -0.2) is 27.0 Å². The molecule has 1 N–H and O–H groups in total. The third-order valence-electron chi connectivity index (χ3n) is 4.78. The average Bonchev–Trinajstić information content (AvgIpc) is 3.18. The van der Waals surface area contributed by atoms with Gasteiger partial charge in [-0.3, -0.25) is 10.2 Å². The summed E-state index contributed by atoms with van der Waals surface area (Å²) in [5, 5.41) is 15.6. The van der Waals surface area contributed by atoms with Gasteiger partial charge in [-0.05, 0) is 54.4 Å². The zero-order valence-corrected chi connectivity index (χ0v) is 17.8. The van der Waals surface area contributed by atoms with Crippen LogP contribution >= 0.6 is 11.8 Å². The Balaban J connectivity index is 1.46. The molecule has 0 bridgehead atoms. The molecule has 0 fully saturated rings. The van der Waals surface area contributed by atoms with Gasteiger partial charge in [0.25, 0.3) is 5.91 Å². The van der Waals surface area contributed by atoms with E-state index in [9.17, 15) is 9.18 Å².